The number of hydrogen-bond acceptors (Lipinski definition) is 3. The van der Waals surface area contributed by atoms with Crippen LogP contribution in [0.25, 0.3) is 0 Å². The second kappa shape index (κ2) is 7.36. The van der Waals surface area contributed by atoms with Crippen LogP contribution in [-0.2, 0) is 9.59 Å². The van der Waals surface area contributed by atoms with Crippen LogP contribution in [0.2, 0.25) is 0 Å². The van der Waals surface area contributed by atoms with Gasteiger partial charge in [-0.2, -0.15) is 0 Å². The van der Waals surface area contributed by atoms with E-state index in [0.29, 0.717) is 6.42 Å². The highest BCUT2D eigenvalue weighted by atomic mass is 16.4. The molecule has 0 aromatic rings. The summed E-state index contributed by atoms with van der Waals surface area (Å²) in [4.78, 5) is 26.1. The van der Waals surface area contributed by atoms with E-state index in [0.717, 1.165) is 38.8 Å². The van der Waals surface area contributed by atoms with Crippen LogP contribution in [0, 0.1) is 0 Å². The van der Waals surface area contributed by atoms with Crippen LogP contribution in [0.1, 0.15) is 38.5 Å². The highest BCUT2D eigenvalue weighted by molar-refractivity contribution is 5.75. The Balaban J connectivity index is 2.33. The second-order valence-corrected chi connectivity index (χ2v) is 5.18. The lowest BCUT2D eigenvalue weighted by molar-refractivity contribution is -0.139. The molecule has 104 valence electrons. The number of amides is 1. The fraction of sp³-hybridized carbons (Fsp3) is 0.846. The highest BCUT2D eigenvalue weighted by Gasteiger charge is 2.24. The van der Waals surface area contributed by atoms with Gasteiger partial charge in [-0.05, 0) is 32.4 Å². The maximum Gasteiger partial charge on any atom is 0.304 e. The highest BCUT2D eigenvalue weighted by Crippen LogP contribution is 2.20. The summed E-state index contributed by atoms with van der Waals surface area (Å²) in [6.07, 6.45) is 4.80. The van der Waals surface area contributed by atoms with Gasteiger partial charge in [0.1, 0.15) is 0 Å². The Morgan fingerprint density at radius 1 is 1.33 bits per heavy atom. The summed E-state index contributed by atoms with van der Waals surface area (Å²) < 4.78 is 0. The summed E-state index contributed by atoms with van der Waals surface area (Å²) in [5.41, 5.74) is 0. The van der Waals surface area contributed by atoms with E-state index in [1.54, 1.807) is 19.0 Å². The predicted octanol–water partition coefficient (Wildman–Crippen LogP) is 1.18. The molecular formula is C13H24N2O3. The Labute approximate surface area is 109 Å². The zero-order valence-corrected chi connectivity index (χ0v) is 11.4. The predicted molar refractivity (Wildman–Crippen MR) is 69.4 cm³/mol. The maximum absolute atomic E-state index is 11.5. The molecular weight excluding hydrogens is 232 g/mol. The first-order valence-electron chi connectivity index (χ1n) is 6.66. The molecule has 0 bridgehead atoms. The van der Waals surface area contributed by atoms with Crippen LogP contribution in [0.15, 0.2) is 0 Å². The van der Waals surface area contributed by atoms with Crippen molar-refractivity contribution in [2.45, 2.75) is 44.6 Å². The summed E-state index contributed by atoms with van der Waals surface area (Å²) in [5.74, 6) is -0.585. The van der Waals surface area contributed by atoms with E-state index >= 15 is 0 Å². The lowest BCUT2D eigenvalue weighted by atomic mass is 9.99. The number of hydrogen-bond donors (Lipinski definition) is 1. The van der Waals surface area contributed by atoms with Crippen molar-refractivity contribution in [2.75, 3.05) is 27.2 Å². The minimum absolute atomic E-state index is 0.141. The monoisotopic (exact) mass is 256 g/mol. The Morgan fingerprint density at radius 3 is 2.67 bits per heavy atom. The Bertz CT molecular complexity index is 292. The van der Waals surface area contributed by atoms with E-state index in [-0.39, 0.29) is 18.4 Å². The Kier molecular flexibility index (Phi) is 6.12. The lowest BCUT2D eigenvalue weighted by Crippen LogP contribution is -2.41. The van der Waals surface area contributed by atoms with Crippen LogP contribution in [0.3, 0.4) is 0 Å². The van der Waals surface area contributed by atoms with Gasteiger partial charge in [0.05, 0.1) is 6.42 Å². The third-order valence-electron chi connectivity index (χ3n) is 3.49. The molecule has 0 aliphatic carbocycles. The van der Waals surface area contributed by atoms with E-state index in [4.69, 9.17) is 5.11 Å². The summed E-state index contributed by atoms with van der Waals surface area (Å²) in [7, 11) is 3.52. The number of rotatable bonds is 6. The van der Waals surface area contributed by atoms with E-state index in [2.05, 4.69) is 4.90 Å². The molecule has 5 heteroatoms. The summed E-state index contributed by atoms with van der Waals surface area (Å²) in [6.45, 7) is 1.80. The van der Waals surface area contributed by atoms with Gasteiger partial charge in [-0.1, -0.05) is 6.42 Å². The van der Waals surface area contributed by atoms with E-state index in [9.17, 15) is 9.59 Å². The minimum Gasteiger partial charge on any atom is -0.481 e. The van der Waals surface area contributed by atoms with Crippen molar-refractivity contribution in [3.63, 3.8) is 0 Å². The molecule has 0 spiro atoms. The zero-order chi connectivity index (χ0) is 13.5. The number of nitrogens with zero attached hydrogens (tertiary/aromatic N) is 2. The third kappa shape index (κ3) is 5.04. The number of aliphatic carboxylic acids is 1. The van der Waals surface area contributed by atoms with Gasteiger partial charge in [0.15, 0.2) is 0 Å². The number of carbonyl (C=O) groups is 2. The molecule has 1 atom stereocenters. The Hall–Kier alpha value is -1.10. The Morgan fingerprint density at radius 2 is 2.06 bits per heavy atom. The first-order valence-corrected chi connectivity index (χ1v) is 6.66. The third-order valence-corrected chi connectivity index (χ3v) is 3.49. The first-order chi connectivity index (χ1) is 8.50. The molecule has 1 saturated heterocycles. The molecule has 18 heavy (non-hydrogen) atoms. The van der Waals surface area contributed by atoms with Crippen molar-refractivity contribution in [3.05, 3.63) is 0 Å². The normalized spacial score (nSPS) is 20.7. The topological polar surface area (TPSA) is 60.9 Å². The molecule has 1 amide bonds. The smallest absolute Gasteiger partial charge is 0.304 e. The zero-order valence-electron chi connectivity index (χ0n) is 11.4. The van der Waals surface area contributed by atoms with Gasteiger partial charge in [-0.25, -0.2) is 0 Å². The largest absolute Gasteiger partial charge is 0.481 e. The average Bonchev–Trinajstić information content (AvgIpc) is 2.30. The van der Waals surface area contributed by atoms with E-state index in [1.807, 2.05) is 0 Å². The van der Waals surface area contributed by atoms with Gasteiger partial charge in [0.25, 0.3) is 0 Å². The average molecular weight is 256 g/mol. The second-order valence-electron chi connectivity index (χ2n) is 5.18. The number of carboxylic acid groups (broad SMARTS) is 1. The van der Waals surface area contributed by atoms with Gasteiger partial charge >= 0.3 is 5.97 Å². The molecule has 1 unspecified atom stereocenters. The molecule has 0 saturated carbocycles. The van der Waals surface area contributed by atoms with Gasteiger partial charge in [-0.3, -0.25) is 14.5 Å². The van der Waals surface area contributed by atoms with Crippen molar-refractivity contribution in [1.82, 2.24) is 9.80 Å². The molecule has 0 aromatic heterocycles. The molecule has 0 aromatic carbocycles. The number of carboxylic acids is 1. The SMILES string of the molecule is CN(C)C(=O)CCCN1CCCCC1CC(=O)O. The fourth-order valence-electron chi connectivity index (χ4n) is 2.44. The van der Waals surface area contributed by atoms with E-state index in [1.165, 1.54) is 0 Å². The van der Waals surface area contributed by atoms with Gasteiger partial charge in [0.2, 0.25) is 5.91 Å². The van der Waals surface area contributed by atoms with Crippen molar-refractivity contribution < 1.29 is 14.7 Å². The van der Waals surface area contributed by atoms with Crippen molar-refractivity contribution in [3.8, 4) is 0 Å². The molecule has 1 aliphatic heterocycles. The van der Waals surface area contributed by atoms with Crippen LogP contribution < -0.4 is 0 Å². The van der Waals surface area contributed by atoms with Crippen molar-refractivity contribution >= 4 is 11.9 Å². The number of likely N-dealkylation sites (tertiary alicyclic amines) is 1. The van der Waals surface area contributed by atoms with Crippen LogP contribution >= 0.6 is 0 Å². The van der Waals surface area contributed by atoms with Crippen LogP contribution in [-0.4, -0.2) is 60.0 Å². The maximum atomic E-state index is 11.5. The van der Waals surface area contributed by atoms with E-state index < -0.39 is 5.97 Å². The van der Waals surface area contributed by atoms with Crippen LogP contribution in [0.5, 0.6) is 0 Å². The number of carbonyl (C=O) groups excluding carboxylic acids is 1. The first kappa shape index (κ1) is 15.0. The summed E-state index contributed by atoms with van der Waals surface area (Å²) >= 11 is 0. The van der Waals surface area contributed by atoms with Crippen molar-refractivity contribution in [1.29, 1.82) is 0 Å². The van der Waals surface area contributed by atoms with Crippen molar-refractivity contribution in [2.24, 2.45) is 0 Å². The molecule has 1 rings (SSSR count). The number of piperidine rings is 1. The standard InChI is InChI=1S/C13H24N2O3/c1-14(2)12(16)7-5-9-15-8-4-3-6-11(15)10-13(17)18/h11H,3-10H2,1-2H3,(H,17,18). The summed E-state index contributed by atoms with van der Waals surface area (Å²) in [6, 6.07) is 0.158. The summed E-state index contributed by atoms with van der Waals surface area (Å²) in [5, 5.41) is 8.88. The quantitative estimate of drug-likeness (QED) is 0.775. The molecule has 0 radical (unpaired) electrons. The van der Waals surface area contributed by atoms with Gasteiger partial charge < -0.3 is 10.0 Å². The van der Waals surface area contributed by atoms with Gasteiger partial charge in [-0.15, -0.1) is 0 Å². The minimum atomic E-state index is -0.726. The molecule has 1 N–H and O–H groups in total. The van der Waals surface area contributed by atoms with Gasteiger partial charge in [0, 0.05) is 26.6 Å². The molecule has 5 nitrogen and oxygen atoms in total. The molecule has 1 aliphatic rings. The fourth-order valence-corrected chi connectivity index (χ4v) is 2.44. The van der Waals surface area contributed by atoms with Crippen LogP contribution in [0.4, 0.5) is 0 Å². The lowest BCUT2D eigenvalue weighted by Gasteiger charge is -2.34. The molecule has 1 heterocycles. The molecule has 1 fully saturated rings.